The van der Waals surface area contributed by atoms with Crippen LogP contribution in [0.5, 0.6) is 0 Å². The summed E-state index contributed by atoms with van der Waals surface area (Å²) < 4.78 is 1.74. The van der Waals surface area contributed by atoms with Gasteiger partial charge in [0, 0.05) is 6.07 Å². The van der Waals surface area contributed by atoms with Crippen LogP contribution in [-0.2, 0) is 6.42 Å². The van der Waals surface area contributed by atoms with Crippen molar-refractivity contribution in [3.63, 3.8) is 0 Å². The molecule has 17 heavy (non-hydrogen) atoms. The van der Waals surface area contributed by atoms with Gasteiger partial charge in [-0.15, -0.1) is 18.3 Å². The van der Waals surface area contributed by atoms with Crippen LogP contribution in [0.15, 0.2) is 29.9 Å². The largest absolute Gasteiger partial charge is 0.221 e. The highest BCUT2D eigenvalue weighted by molar-refractivity contribution is 7.98. The molecule has 2 aromatic rings. The van der Waals surface area contributed by atoms with Crippen molar-refractivity contribution in [2.45, 2.75) is 17.9 Å². The molecule has 0 bridgehead atoms. The summed E-state index contributed by atoms with van der Waals surface area (Å²) in [6.07, 6.45) is 7.04. The minimum Gasteiger partial charge on any atom is -0.221 e. The second-order valence-corrected chi connectivity index (χ2v) is 4.28. The van der Waals surface area contributed by atoms with E-state index in [1.807, 2.05) is 18.4 Å². The number of fused-ring (bicyclic) bond motifs is 1. The van der Waals surface area contributed by atoms with Gasteiger partial charge in [-0.25, -0.2) is 9.50 Å². The Bertz CT molecular complexity index is 594. The van der Waals surface area contributed by atoms with Gasteiger partial charge in [0.25, 0.3) is 0 Å². The van der Waals surface area contributed by atoms with Gasteiger partial charge in [-0.3, -0.25) is 0 Å². The summed E-state index contributed by atoms with van der Waals surface area (Å²) in [5.74, 6) is 0. The topological polar surface area (TPSA) is 54.0 Å². The van der Waals surface area contributed by atoms with Crippen LogP contribution in [-0.4, -0.2) is 20.9 Å². The zero-order chi connectivity index (χ0) is 12.3. The molecule has 2 rings (SSSR count). The fourth-order valence-electron chi connectivity index (χ4n) is 1.71. The molecule has 86 valence electrons. The summed E-state index contributed by atoms with van der Waals surface area (Å²) in [7, 11) is 0. The third-order valence-corrected chi connectivity index (χ3v) is 3.17. The Kier molecular flexibility index (Phi) is 3.45. The van der Waals surface area contributed by atoms with Crippen molar-refractivity contribution in [1.82, 2.24) is 14.6 Å². The number of nitrogens with zero attached hydrogens (tertiary/aromatic N) is 4. The summed E-state index contributed by atoms with van der Waals surface area (Å²) in [6.45, 7) is 3.71. The molecule has 0 amide bonds. The van der Waals surface area contributed by atoms with E-state index in [4.69, 9.17) is 0 Å². The Morgan fingerprint density at radius 1 is 1.65 bits per heavy atom. The maximum atomic E-state index is 9.26. The molecule has 0 saturated heterocycles. The van der Waals surface area contributed by atoms with E-state index in [1.54, 1.807) is 10.7 Å². The van der Waals surface area contributed by atoms with Crippen molar-refractivity contribution >= 4 is 17.4 Å². The Morgan fingerprint density at radius 2 is 2.47 bits per heavy atom. The monoisotopic (exact) mass is 244 g/mol. The van der Waals surface area contributed by atoms with Crippen molar-refractivity contribution in [1.29, 1.82) is 5.26 Å². The van der Waals surface area contributed by atoms with Crippen LogP contribution in [0.3, 0.4) is 0 Å². The van der Waals surface area contributed by atoms with Crippen molar-refractivity contribution in [2.75, 3.05) is 6.26 Å². The lowest BCUT2D eigenvalue weighted by atomic mass is 10.1. The zero-order valence-electron chi connectivity index (χ0n) is 9.55. The van der Waals surface area contributed by atoms with E-state index in [2.05, 4.69) is 22.7 Å². The average molecular weight is 244 g/mol. The molecule has 0 saturated carbocycles. The highest BCUT2D eigenvalue weighted by atomic mass is 32.2. The molecule has 0 aliphatic carbocycles. The number of rotatable bonds is 4. The Balaban J connectivity index is 2.68. The second kappa shape index (κ2) is 5.02. The Labute approximate surface area is 104 Å². The molecular weight excluding hydrogens is 232 g/mol. The minimum absolute atomic E-state index is 0.621. The summed E-state index contributed by atoms with van der Waals surface area (Å²) >= 11 is 1.49. The third kappa shape index (κ3) is 2.04. The van der Waals surface area contributed by atoms with Crippen LogP contribution in [0.2, 0.25) is 0 Å². The molecule has 5 heteroatoms. The van der Waals surface area contributed by atoms with Crippen LogP contribution < -0.4 is 0 Å². The summed E-state index contributed by atoms with van der Waals surface area (Å²) in [5, 5.41) is 14.2. The molecule has 4 nitrogen and oxygen atoms in total. The van der Waals surface area contributed by atoms with Crippen LogP contribution in [0.1, 0.15) is 17.7 Å². The molecule has 2 heterocycles. The van der Waals surface area contributed by atoms with Gasteiger partial charge < -0.3 is 0 Å². The SMILES string of the molecule is C=CCCc1c(C#N)c(SC)nc2ccnn12. The van der Waals surface area contributed by atoms with E-state index >= 15 is 0 Å². The van der Waals surface area contributed by atoms with Gasteiger partial charge in [0.15, 0.2) is 5.65 Å². The predicted molar refractivity (Wildman–Crippen MR) is 68.0 cm³/mol. The van der Waals surface area contributed by atoms with Gasteiger partial charge in [-0.1, -0.05) is 6.08 Å². The van der Waals surface area contributed by atoms with Gasteiger partial charge in [-0.05, 0) is 19.1 Å². The Hall–Kier alpha value is -1.80. The maximum Gasteiger partial charge on any atom is 0.156 e. The fraction of sp³-hybridized carbons (Fsp3) is 0.250. The first-order valence-electron chi connectivity index (χ1n) is 5.23. The first-order valence-corrected chi connectivity index (χ1v) is 6.46. The molecule has 0 radical (unpaired) electrons. The molecule has 0 unspecified atom stereocenters. The molecule has 0 fully saturated rings. The fourth-order valence-corrected chi connectivity index (χ4v) is 2.26. The highest BCUT2D eigenvalue weighted by Crippen LogP contribution is 2.23. The summed E-state index contributed by atoms with van der Waals surface area (Å²) in [5.41, 5.74) is 2.31. The van der Waals surface area contributed by atoms with E-state index in [9.17, 15) is 5.26 Å². The average Bonchev–Trinajstić information content (AvgIpc) is 2.82. The van der Waals surface area contributed by atoms with Gasteiger partial charge in [0.1, 0.15) is 16.7 Å². The van der Waals surface area contributed by atoms with Crippen molar-refractivity contribution < 1.29 is 0 Å². The number of nitriles is 1. The molecule has 2 aromatic heterocycles. The number of hydrogen-bond donors (Lipinski definition) is 0. The quantitative estimate of drug-likeness (QED) is 0.471. The smallest absolute Gasteiger partial charge is 0.156 e. The van der Waals surface area contributed by atoms with Gasteiger partial charge in [0.05, 0.1) is 11.9 Å². The number of aromatic nitrogens is 3. The van der Waals surface area contributed by atoms with Crippen LogP contribution in [0, 0.1) is 11.3 Å². The molecule has 0 atom stereocenters. The number of aryl methyl sites for hydroxylation is 1. The molecule has 0 spiro atoms. The lowest BCUT2D eigenvalue weighted by molar-refractivity contribution is 0.799. The standard InChI is InChI=1S/C12H12N4S/c1-3-4-5-10-9(8-13)12(17-2)15-11-6-7-14-16(10)11/h3,6-7H,1,4-5H2,2H3. The van der Waals surface area contributed by atoms with Crippen LogP contribution in [0.4, 0.5) is 0 Å². The van der Waals surface area contributed by atoms with E-state index in [-0.39, 0.29) is 0 Å². The lowest BCUT2D eigenvalue weighted by Gasteiger charge is -2.08. The summed E-state index contributed by atoms with van der Waals surface area (Å²) in [6, 6.07) is 4.07. The van der Waals surface area contributed by atoms with E-state index in [1.165, 1.54) is 11.8 Å². The molecule has 0 N–H and O–H groups in total. The number of allylic oxidation sites excluding steroid dienone is 1. The molecule has 0 aliphatic rings. The molecule has 0 aliphatic heterocycles. The van der Waals surface area contributed by atoms with E-state index in [0.717, 1.165) is 29.2 Å². The normalized spacial score (nSPS) is 10.4. The minimum atomic E-state index is 0.621. The Morgan fingerprint density at radius 3 is 3.12 bits per heavy atom. The third-order valence-electron chi connectivity index (χ3n) is 2.49. The molecule has 0 aromatic carbocycles. The first-order chi connectivity index (χ1) is 8.31. The highest BCUT2D eigenvalue weighted by Gasteiger charge is 2.14. The lowest BCUT2D eigenvalue weighted by Crippen LogP contribution is -2.06. The van der Waals surface area contributed by atoms with Gasteiger partial charge >= 0.3 is 0 Å². The van der Waals surface area contributed by atoms with E-state index in [0.29, 0.717) is 5.56 Å². The first kappa shape index (κ1) is 11.7. The second-order valence-electron chi connectivity index (χ2n) is 3.48. The van der Waals surface area contributed by atoms with Crippen molar-refractivity contribution in [2.24, 2.45) is 0 Å². The van der Waals surface area contributed by atoms with Crippen LogP contribution in [0.25, 0.3) is 5.65 Å². The number of thioether (sulfide) groups is 1. The van der Waals surface area contributed by atoms with Gasteiger partial charge in [-0.2, -0.15) is 10.4 Å². The zero-order valence-corrected chi connectivity index (χ0v) is 10.4. The predicted octanol–water partition coefficient (Wildman–Crippen LogP) is 2.44. The summed E-state index contributed by atoms with van der Waals surface area (Å²) in [4.78, 5) is 4.41. The van der Waals surface area contributed by atoms with Crippen molar-refractivity contribution in [3.05, 3.63) is 36.2 Å². The van der Waals surface area contributed by atoms with Crippen LogP contribution >= 0.6 is 11.8 Å². The van der Waals surface area contributed by atoms with Crippen molar-refractivity contribution in [3.8, 4) is 6.07 Å². The molecular formula is C12H12N4S. The van der Waals surface area contributed by atoms with Gasteiger partial charge in [0.2, 0.25) is 0 Å². The van der Waals surface area contributed by atoms with E-state index < -0.39 is 0 Å². The number of hydrogen-bond acceptors (Lipinski definition) is 4. The maximum absolute atomic E-state index is 9.26.